The molecular weight excluding hydrogens is 927 g/mol. The summed E-state index contributed by atoms with van der Waals surface area (Å²) >= 11 is 0. The number of carbonyl (C=O) groups excluding carboxylic acids is 6. The number of piperazine rings is 1. The summed E-state index contributed by atoms with van der Waals surface area (Å²) in [6, 6.07) is 6.22. The number of amides is 6. The Hall–Kier alpha value is -6.22. The van der Waals surface area contributed by atoms with Gasteiger partial charge in [-0.25, -0.2) is 9.79 Å². The highest BCUT2D eigenvalue weighted by Gasteiger charge is 2.43. The zero-order valence-electron chi connectivity index (χ0n) is 43.8. The molecule has 0 spiro atoms. The van der Waals surface area contributed by atoms with Crippen LogP contribution in [0, 0.1) is 17.8 Å². The fourth-order valence-corrected chi connectivity index (χ4v) is 9.94. The van der Waals surface area contributed by atoms with Crippen molar-refractivity contribution in [2.24, 2.45) is 22.7 Å². The molecule has 8 atom stereocenters. The van der Waals surface area contributed by atoms with Gasteiger partial charge in [-0.05, 0) is 36.7 Å². The van der Waals surface area contributed by atoms with E-state index in [4.69, 9.17) is 14.5 Å². The third-order valence-corrected chi connectivity index (χ3v) is 14.2. The first kappa shape index (κ1) is 56.7. The van der Waals surface area contributed by atoms with E-state index in [9.17, 15) is 38.7 Å². The third kappa shape index (κ3) is 14.5. The number of hydrogen-bond acceptors (Lipinski definition) is 12. The molecule has 2 fully saturated rings. The van der Waals surface area contributed by atoms with Gasteiger partial charge in [0.2, 0.25) is 23.6 Å². The fraction of sp³-hybridized carbons (Fsp3) is 0.647. The van der Waals surface area contributed by atoms with Crippen LogP contribution < -0.4 is 5.32 Å². The lowest BCUT2D eigenvalue weighted by molar-refractivity contribution is -0.147. The highest BCUT2D eigenvalue weighted by molar-refractivity contribution is 6.12. The van der Waals surface area contributed by atoms with E-state index in [0.29, 0.717) is 83.0 Å². The number of aliphatic carboxylic acids is 1. The number of ether oxygens (including phenoxy) is 2. The number of methoxy groups -OCH3 is 2. The zero-order chi connectivity index (χ0) is 52.8. The number of guanidine groups is 1. The van der Waals surface area contributed by atoms with Crippen LogP contribution in [0.4, 0.5) is 0 Å². The Labute approximate surface area is 423 Å². The molecule has 0 unspecified atom stereocenters. The van der Waals surface area contributed by atoms with Crippen molar-refractivity contribution in [2.75, 3.05) is 68.1 Å². The SMILES string of the molecule is CC[C@H](C)[C@@H]([C@@H](CC(=O)N1CCC[C@H]1[C@H](OC)[C@@H](C)C(=O)N[C@@H](Cc1ccccc1)C(=O)O)OC)N(C)C(=O)[C@@H](N=C(N(C)C)N1CCN(C(=O)CCCn2cc(CN3C(=O)C=CC3=O)nn2)CC1)C(C)C. The minimum Gasteiger partial charge on any atom is -0.480 e. The first-order valence-electron chi connectivity index (χ1n) is 25.2. The third-order valence-electron chi connectivity index (χ3n) is 14.2. The van der Waals surface area contributed by atoms with Gasteiger partial charge in [-0.1, -0.05) is 76.6 Å². The van der Waals surface area contributed by atoms with Crippen LogP contribution >= 0.6 is 0 Å². The van der Waals surface area contributed by atoms with E-state index in [1.807, 2.05) is 81.9 Å². The first-order valence-corrected chi connectivity index (χ1v) is 25.2. The number of carboxylic acids is 1. The summed E-state index contributed by atoms with van der Waals surface area (Å²) in [5, 5.41) is 20.8. The van der Waals surface area contributed by atoms with Gasteiger partial charge < -0.3 is 44.4 Å². The maximum atomic E-state index is 14.8. The number of carboxylic acid groups (broad SMARTS) is 1. The normalized spacial score (nSPS) is 19.3. The summed E-state index contributed by atoms with van der Waals surface area (Å²) < 4.78 is 13.6. The molecule has 3 aliphatic rings. The van der Waals surface area contributed by atoms with E-state index in [0.717, 1.165) is 10.5 Å². The van der Waals surface area contributed by atoms with Crippen LogP contribution in [0.15, 0.2) is 53.7 Å². The lowest BCUT2D eigenvalue weighted by atomic mass is 9.89. The second-order valence-corrected chi connectivity index (χ2v) is 19.7. The Bertz CT molecular complexity index is 2230. The molecule has 0 bridgehead atoms. The van der Waals surface area contributed by atoms with Crippen LogP contribution in [0.5, 0.6) is 0 Å². The monoisotopic (exact) mass is 1000 g/mol. The van der Waals surface area contributed by atoms with Crippen LogP contribution in [-0.2, 0) is 62.5 Å². The number of rotatable bonds is 24. The standard InChI is InChI=1S/C51H77N11O10/c1-11-34(4)46(40(71-9)30-44(66)61-24-15-19-39(61)47(72-10)35(5)48(67)52-38(50(69)70)29-36-17-13-12-14-18-36)57(8)49(68)45(33(2)3)53-51(56(6)7)59-27-25-58(26-28-59)41(63)20-16-23-60-31-37(54-55-60)32-62-42(64)21-22-43(62)65/h12-14,17-18,21-22,31,33-35,38-40,45-47H,11,15-16,19-20,23-30,32H2,1-10H3,(H,52,67)(H,69,70)/t34-,35+,38-,39-,40+,45-,46-,47+/m0/s1. The van der Waals surface area contributed by atoms with E-state index in [2.05, 4.69) is 20.5 Å². The summed E-state index contributed by atoms with van der Waals surface area (Å²) in [6.07, 6.45) is 5.63. The van der Waals surface area contributed by atoms with Gasteiger partial charge in [-0.15, -0.1) is 5.10 Å². The van der Waals surface area contributed by atoms with Gasteiger partial charge in [-0.3, -0.25) is 38.3 Å². The van der Waals surface area contributed by atoms with Crippen molar-refractivity contribution in [2.45, 2.75) is 129 Å². The molecule has 1 aromatic carbocycles. The van der Waals surface area contributed by atoms with Gasteiger partial charge >= 0.3 is 5.97 Å². The molecule has 21 nitrogen and oxygen atoms in total. The maximum absolute atomic E-state index is 14.8. The van der Waals surface area contributed by atoms with Gasteiger partial charge in [0, 0.05) is 99.6 Å². The summed E-state index contributed by atoms with van der Waals surface area (Å²) in [4.78, 5) is 108. The van der Waals surface area contributed by atoms with Crippen molar-refractivity contribution in [3.05, 3.63) is 59.9 Å². The second kappa shape index (κ2) is 26.5. The summed E-state index contributed by atoms with van der Waals surface area (Å²) in [5.74, 6) is -3.22. The van der Waals surface area contributed by atoms with E-state index in [-0.39, 0.29) is 48.9 Å². The number of aryl methyl sites for hydroxylation is 1. The number of aromatic nitrogens is 3. The van der Waals surface area contributed by atoms with Crippen LogP contribution in [0.3, 0.4) is 0 Å². The molecule has 72 heavy (non-hydrogen) atoms. The minimum atomic E-state index is -1.15. The average molecular weight is 1000 g/mol. The van der Waals surface area contributed by atoms with Crippen molar-refractivity contribution in [1.82, 2.24) is 49.7 Å². The van der Waals surface area contributed by atoms with Crippen molar-refractivity contribution in [1.29, 1.82) is 0 Å². The molecule has 2 N–H and O–H groups in total. The summed E-state index contributed by atoms with van der Waals surface area (Å²) in [5.41, 5.74) is 1.25. The summed E-state index contributed by atoms with van der Waals surface area (Å²) in [7, 11) is 8.57. The molecule has 0 saturated carbocycles. The molecule has 21 heteroatoms. The largest absolute Gasteiger partial charge is 0.480 e. The number of carbonyl (C=O) groups is 7. The highest BCUT2D eigenvalue weighted by Crippen LogP contribution is 2.30. The molecule has 2 aromatic rings. The van der Waals surface area contributed by atoms with Gasteiger partial charge in [0.05, 0.1) is 49.4 Å². The Balaban J connectivity index is 1.20. The predicted molar refractivity (Wildman–Crippen MR) is 268 cm³/mol. The van der Waals surface area contributed by atoms with Crippen molar-refractivity contribution >= 4 is 47.4 Å². The Kier molecular flexibility index (Phi) is 20.8. The number of imide groups is 1. The molecule has 396 valence electrons. The van der Waals surface area contributed by atoms with Gasteiger partial charge in [-0.2, -0.15) is 0 Å². The molecule has 5 rings (SSSR count). The minimum absolute atomic E-state index is 0.0124. The quantitative estimate of drug-likeness (QED) is 0.0874. The Morgan fingerprint density at radius 3 is 2.14 bits per heavy atom. The fourth-order valence-electron chi connectivity index (χ4n) is 9.94. The first-order chi connectivity index (χ1) is 34.3. The molecule has 0 radical (unpaired) electrons. The smallest absolute Gasteiger partial charge is 0.326 e. The van der Waals surface area contributed by atoms with Crippen LogP contribution in [0.25, 0.3) is 0 Å². The maximum Gasteiger partial charge on any atom is 0.326 e. The topological polar surface area (TPSA) is 233 Å². The lowest BCUT2D eigenvalue weighted by Gasteiger charge is -2.41. The van der Waals surface area contributed by atoms with Gasteiger partial charge in [0.25, 0.3) is 11.8 Å². The van der Waals surface area contributed by atoms with Gasteiger partial charge in [0.1, 0.15) is 17.8 Å². The second-order valence-electron chi connectivity index (χ2n) is 19.7. The van der Waals surface area contributed by atoms with E-state index in [1.54, 1.807) is 41.8 Å². The van der Waals surface area contributed by atoms with E-state index < -0.39 is 66.0 Å². The zero-order valence-corrected chi connectivity index (χ0v) is 43.8. The Morgan fingerprint density at radius 1 is 0.903 bits per heavy atom. The van der Waals surface area contributed by atoms with Crippen LogP contribution in [0.1, 0.15) is 84.4 Å². The number of likely N-dealkylation sites (N-methyl/N-ethyl adjacent to an activating group) is 1. The highest BCUT2D eigenvalue weighted by atomic mass is 16.5. The summed E-state index contributed by atoms with van der Waals surface area (Å²) in [6.45, 7) is 12.6. The van der Waals surface area contributed by atoms with E-state index >= 15 is 0 Å². The average Bonchev–Trinajstić information content (AvgIpc) is 4.11. The number of likely N-dealkylation sites (tertiary alicyclic amines) is 1. The van der Waals surface area contributed by atoms with Crippen molar-refractivity contribution < 1.29 is 48.1 Å². The molecule has 2 saturated heterocycles. The number of hydrogen-bond donors (Lipinski definition) is 2. The number of nitrogens with zero attached hydrogens (tertiary/aromatic N) is 10. The molecule has 3 aliphatic heterocycles. The number of aliphatic imine (C=N–C) groups is 1. The molecule has 1 aromatic heterocycles. The molecule has 0 aliphatic carbocycles. The van der Waals surface area contributed by atoms with E-state index in [1.165, 1.54) is 19.3 Å². The Morgan fingerprint density at radius 2 is 1.56 bits per heavy atom. The number of benzene rings is 1. The van der Waals surface area contributed by atoms with Gasteiger partial charge in [0.15, 0.2) is 5.96 Å². The predicted octanol–water partition coefficient (Wildman–Crippen LogP) is 2.30. The molecular formula is C51H77N11O10. The molecule has 6 amide bonds. The van der Waals surface area contributed by atoms with Crippen molar-refractivity contribution in [3.63, 3.8) is 0 Å². The van der Waals surface area contributed by atoms with Crippen LogP contribution in [0.2, 0.25) is 0 Å². The lowest BCUT2D eigenvalue weighted by Crippen LogP contribution is -2.56. The van der Waals surface area contributed by atoms with Crippen LogP contribution in [-0.4, -0.2) is 201 Å². The molecule has 4 heterocycles. The van der Waals surface area contributed by atoms with Crippen molar-refractivity contribution in [3.8, 4) is 0 Å². The number of nitrogens with one attached hydrogen (secondary N) is 1.